The first kappa shape index (κ1) is 21.7. The minimum Gasteiger partial charge on any atom is -0.497 e. The third-order valence-corrected chi connectivity index (χ3v) is 6.26. The van der Waals surface area contributed by atoms with Gasteiger partial charge in [0.2, 0.25) is 5.78 Å². The number of methoxy groups -OCH3 is 1. The lowest BCUT2D eigenvalue weighted by Crippen LogP contribution is -2.16. The number of fused-ring (bicyclic) bond motifs is 1. The van der Waals surface area contributed by atoms with Crippen LogP contribution in [0.25, 0.3) is 11.0 Å². The number of H-pyrrole nitrogens is 1. The zero-order valence-corrected chi connectivity index (χ0v) is 17.9. The van der Waals surface area contributed by atoms with Crippen LogP contribution in [0.15, 0.2) is 59.8 Å². The van der Waals surface area contributed by atoms with E-state index in [0.717, 1.165) is 12.1 Å². The smallest absolute Gasteiger partial charge is 0.261 e. The summed E-state index contributed by atoms with van der Waals surface area (Å²) in [5.41, 5.74) is -1.26. The van der Waals surface area contributed by atoms with Crippen LogP contribution in [-0.4, -0.2) is 31.3 Å². The number of hydrogen-bond donors (Lipinski definition) is 2. The highest BCUT2D eigenvalue weighted by atomic mass is 35.5. The lowest BCUT2D eigenvalue weighted by Gasteiger charge is -2.12. The summed E-state index contributed by atoms with van der Waals surface area (Å²) >= 11 is 5.92. The highest BCUT2D eigenvalue weighted by molar-refractivity contribution is 7.92. The summed E-state index contributed by atoms with van der Waals surface area (Å²) < 4.78 is 61.9. The Morgan fingerprint density at radius 3 is 2.56 bits per heavy atom. The first-order valence-electron chi connectivity index (χ1n) is 9.03. The number of anilines is 1. The van der Waals surface area contributed by atoms with E-state index >= 15 is 4.39 Å². The largest absolute Gasteiger partial charge is 0.497 e. The molecule has 0 saturated heterocycles. The molecule has 0 bridgehead atoms. The Hall–Kier alpha value is -3.50. The molecule has 4 rings (SSSR count). The van der Waals surface area contributed by atoms with Crippen molar-refractivity contribution in [3.63, 3.8) is 0 Å². The molecule has 2 aromatic carbocycles. The van der Waals surface area contributed by atoms with Gasteiger partial charge in [0.1, 0.15) is 17.2 Å². The third kappa shape index (κ3) is 3.90. The average Bonchev–Trinajstić information content (AvgIpc) is 3.18. The van der Waals surface area contributed by atoms with Crippen molar-refractivity contribution >= 4 is 44.1 Å². The number of nitrogens with one attached hydrogen (secondary N) is 2. The van der Waals surface area contributed by atoms with Crippen LogP contribution in [0.1, 0.15) is 15.9 Å². The number of rotatable bonds is 6. The monoisotopic (exact) mass is 477 g/mol. The van der Waals surface area contributed by atoms with E-state index in [0.29, 0.717) is 11.4 Å². The minimum atomic E-state index is -4.22. The Bertz CT molecular complexity index is 1450. The zero-order chi connectivity index (χ0) is 23.0. The van der Waals surface area contributed by atoms with E-state index in [2.05, 4.69) is 14.7 Å². The number of aromatic amines is 1. The summed E-state index contributed by atoms with van der Waals surface area (Å²) in [6.45, 7) is 0. The predicted octanol–water partition coefficient (Wildman–Crippen LogP) is 4.53. The van der Waals surface area contributed by atoms with Gasteiger partial charge in [0, 0.05) is 23.3 Å². The summed E-state index contributed by atoms with van der Waals surface area (Å²) in [5, 5.41) is 0.499. The molecule has 0 fully saturated rings. The number of hydrogen-bond acceptors (Lipinski definition) is 5. The topological polar surface area (TPSA) is 101 Å². The molecule has 0 amide bonds. The number of aromatic nitrogens is 2. The third-order valence-electron chi connectivity index (χ3n) is 4.67. The van der Waals surface area contributed by atoms with E-state index in [1.807, 2.05) is 0 Å². The normalized spacial score (nSPS) is 11.5. The van der Waals surface area contributed by atoms with Gasteiger partial charge in [0.25, 0.3) is 10.0 Å². The average molecular weight is 478 g/mol. The van der Waals surface area contributed by atoms with Crippen LogP contribution in [0.4, 0.5) is 14.5 Å². The van der Waals surface area contributed by atoms with E-state index in [4.69, 9.17) is 16.3 Å². The number of carbonyl (C=O) groups excluding carboxylic acids is 1. The molecule has 0 radical (unpaired) electrons. The zero-order valence-electron chi connectivity index (χ0n) is 16.3. The van der Waals surface area contributed by atoms with Gasteiger partial charge in [0.05, 0.1) is 28.3 Å². The maximum atomic E-state index is 15.2. The SMILES string of the molecule is COc1ccc(S(=O)(=O)Nc2ccc(F)c(C(=O)c3c[nH]c4ncc(Cl)cc34)c2F)cc1. The number of ketones is 1. The molecule has 164 valence electrons. The molecule has 0 spiro atoms. The highest BCUT2D eigenvalue weighted by Crippen LogP contribution is 2.29. The predicted molar refractivity (Wildman–Crippen MR) is 115 cm³/mol. The van der Waals surface area contributed by atoms with Gasteiger partial charge in [-0.2, -0.15) is 0 Å². The lowest BCUT2D eigenvalue weighted by atomic mass is 10.0. The second-order valence-electron chi connectivity index (χ2n) is 6.65. The number of ether oxygens (including phenoxy) is 1. The Morgan fingerprint density at radius 1 is 1.16 bits per heavy atom. The number of pyridine rings is 1. The summed E-state index contributed by atoms with van der Waals surface area (Å²) in [6, 6.07) is 8.49. The number of sulfonamides is 1. The van der Waals surface area contributed by atoms with Gasteiger partial charge in [-0.15, -0.1) is 0 Å². The molecule has 2 aromatic heterocycles. The van der Waals surface area contributed by atoms with Crippen molar-refractivity contribution in [2.75, 3.05) is 11.8 Å². The number of nitrogens with zero attached hydrogens (tertiary/aromatic N) is 1. The summed E-state index contributed by atoms with van der Waals surface area (Å²) in [4.78, 5) is 19.5. The second-order valence-corrected chi connectivity index (χ2v) is 8.76. The van der Waals surface area contributed by atoms with Gasteiger partial charge in [0.15, 0.2) is 5.82 Å². The number of benzene rings is 2. The Balaban J connectivity index is 1.74. The van der Waals surface area contributed by atoms with Crippen molar-refractivity contribution in [2.45, 2.75) is 4.90 Å². The molecule has 32 heavy (non-hydrogen) atoms. The molecular weight excluding hydrogens is 464 g/mol. The number of carbonyl (C=O) groups is 1. The molecule has 2 heterocycles. The van der Waals surface area contributed by atoms with E-state index < -0.39 is 38.7 Å². The summed E-state index contributed by atoms with van der Waals surface area (Å²) in [7, 11) is -2.80. The quantitative estimate of drug-likeness (QED) is 0.397. The Labute approximate surface area is 186 Å². The lowest BCUT2D eigenvalue weighted by molar-refractivity contribution is 0.103. The molecule has 7 nitrogen and oxygen atoms in total. The van der Waals surface area contributed by atoms with Crippen molar-refractivity contribution in [3.05, 3.63) is 82.6 Å². The molecule has 0 aliphatic carbocycles. The molecule has 0 aliphatic heterocycles. The van der Waals surface area contributed by atoms with Gasteiger partial charge in [-0.3, -0.25) is 9.52 Å². The molecule has 0 atom stereocenters. The molecular formula is C21H14ClF2N3O4S. The summed E-state index contributed by atoms with van der Waals surface area (Å²) in [5.74, 6) is -3.07. The molecule has 2 N–H and O–H groups in total. The van der Waals surface area contributed by atoms with Crippen LogP contribution in [0.5, 0.6) is 5.75 Å². The van der Waals surface area contributed by atoms with Gasteiger partial charge < -0.3 is 9.72 Å². The second kappa shape index (κ2) is 8.21. The van der Waals surface area contributed by atoms with Gasteiger partial charge in [-0.1, -0.05) is 11.6 Å². The van der Waals surface area contributed by atoms with Crippen molar-refractivity contribution in [2.24, 2.45) is 0 Å². The fourth-order valence-corrected chi connectivity index (χ4v) is 4.32. The van der Waals surface area contributed by atoms with Crippen LogP contribution in [0.3, 0.4) is 0 Å². The summed E-state index contributed by atoms with van der Waals surface area (Å²) in [6.07, 6.45) is 2.60. The Morgan fingerprint density at radius 2 is 1.88 bits per heavy atom. The first-order valence-corrected chi connectivity index (χ1v) is 10.9. The molecule has 0 saturated carbocycles. The van der Waals surface area contributed by atoms with E-state index in [-0.39, 0.29) is 20.9 Å². The van der Waals surface area contributed by atoms with Crippen LogP contribution >= 0.6 is 11.6 Å². The van der Waals surface area contributed by atoms with Crippen molar-refractivity contribution in [3.8, 4) is 5.75 Å². The molecule has 0 unspecified atom stereocenters. The van der Waals surface area contributed by atoms with Crippen LogP contribution in [0.2, 0.25) is 5.02 Å². The maximum absolute atomic E-state index is 15.2. The van der Waals surface area contributed by atoms with Crippen molar-refractivity contribution < 1.29 is 26.7 Å². The number of halogens is 3. The Kier molecular flexibility index (Phi) is 5.57. The maximum Gasteiger partial charge on any atom is 0.261 e. The fraction of sp³-hybridized carbons (Fsp3) is 0.0476. The highest BCUT2D eigenvalue weighted by Gasteiger charge is 2.26. The first-order chi connectivity index (χ1) is 15.2. The van der Waals surface area contributed by atoms with E-state index in [1.165, 1.54) is 49.8 Å². The molecule has 11 heteroatoms. The fourth-order valence-electron chi connectivity index (χ4n) is 3.10. The van der Waals surface area contributed by atoms with Crippen LogP contribution in [-0.2, 0) is 10.0 Å². The molecule has 4 aromatic rings. The molecule has 0 aliphatic rings. The van der Waals surface area contributed by atoms with Crippen LogP contribution < -0.4 is 9.46 Å². The standard InChI is InChI=1S/C21H14ClF2N3O4S/c1-31-12-2-4-13(5-3-12)32(29,30)27-17-7-6-16(23)18(19(17)24)20(28)15-10-26-21-14(15)8-11(22)9-25-21/h2-10,27H,1H3,(H,25,26). The van der Waals surface area contributed by atoms with E-state index in [9.17, 15) is 17.6 Å². The minimum absolute atomic E-state index is 0.0667. The van der Waals surface area contributed by atoms with Crippen LogP contribution in [0, 0.1) is 11.6 Å². The van der Waals surface area contributed by atoms with Gasteiger partial charge >= 0.3 is 0 Å². The van der Waals surface area contributed by atoms with Crippen molar-refractivity contribution in [1.29, 1.82) is 0 Å². The van der Waals surface area contributed by atoms with Gasteiger partial charge in [-0.05, 0) is 42.5 Å². The van der Waals surface area contributed by atoms with Crippen molar-refractivity contribution in [1.82, 2.24) is 9.97 Å². The van der Waals surface area contributed by atoms with Gasteiger partial charge in [-0.25, -0.2) is 22.2 Å². The van der Waals surface area contributed by atoms with E-state index in [1.54, 1.807) is 0 Å².